The fraction of sp³-hybridized carbons (Fsp3) is 0.333. The molecule has 2 fully saturated rings. The number of aromatic nitrogens is 7. The van der Waals surface area contributed by atoms with Crippen LogP contribution in [-0.4, -0.2) is 53.9 Å². The largest absolute Gasteiger partial charge is 0.354 e. The van der Waals surface area contributed by atoms with Gasteiger partial charge in [-0.1, -0.05) is 6.07 Å². The van der Waals surface area contributed by atoms with Crippen LogP contribution < -0.4 is 4.90 Å². The predicted octanol–water partition coefficient (Wildman–Crippen LogP) is 4.94. The van der Waals surface area contributed by atoms with E-state index in [-0.39, 0.29) is 25.9 Å². The van der Waals surface area contributed by atoms with Crippen molar-refractivity contribution in [3.8, 4) is 22.6 Å². The van der Waals surface area contributed by atoms with Crippen molar-refractivity contribution in [1.82, 2.24) is 34.9 Å². The Hall–Kier alpha value is -3.82. The molecule has 8 nitrogen and oxygen atoms in total. The first kappa shape index (κ1) is 19.6. The molecule has 1 saturated carbocycles. The number of rotatable bonds is 4. The van der Waals surface area contributed by atoms with Crippen LogP contribution in [0.4, 0.5) is 14.6 Å². The molecule has 10 heteroatoms. The number of piperidine rings is 1. The molecule has 4 aromatic heterocycles. The molecule has 0 unspecified atom stereocenters. The van der Waals surface area contributed by atoms with Gasteiger partial charge in [0.2, 0.25) is 0 Å². The van der Waals surface area contributed by atoms with Crippen molar-refractivity contribution in [3.63, 3.8) is 0 Å². The second-order valence-electron chi connectivity index (χ2n) is 9.23. The number of fused-ring (bicyclic) bond motifs is 2. The van der Waals surface area contributed by atoms with Gasteiger partial charge in [-0.3, -0.25) is 9.78 Å². The van der Waals surface area contributed by atoms with Gasteiger partial charge in [0, 0.05) is 49.3 Å². The van der Waals surface area contributed by atoms with Gasteiger partial charge in [0.1, 0.15) is 11.2 Å². The molecule has 5 aromatic rings. The van der Waals surface area contributed by atoms with Gasteiger partial charge in [-0.05, 0) is 36.6 Å². The van der Waals surface area contributed by atoms with E-state index in [1.165, 1.54) is 12.8 Å². The molecule has 0 bridgehead atoms. The van der Waals surface area contributed by atoms with Crippen LogP contribution >= 0.6 is 0 Å². The summed E-state index contributed by atoms with van der Waals surface area (Å²) in [7, 11) is 0. The van der Waals surface area contributed by atoms with Crippen molar-refractivity contribution >= 4 is 27.8 Å². The molecule has 0 radical (unpaired) electrons. The average molecular weight is 460 g/mol. The molecule has 0 spiro atoms. The highest BCUT2D eigenvalue weighted by atomic mass is 19.3. The molecule has 172 valence electrons. The second-order valence-corrected chi connectivity index (χ2v) is 9.23. The van der Waals surface area contributed by atoms with Gasteiger partial charge < -0.3 is 9.88 Å². The van der Waals surface area contributed by atoms with Crippen molar-refractivity contribution in [2.45, 2.75) is 37.6 Å². The van der Waals surface area contributed by atoms with Crippen molar-refractivity contribution in [1.29, 1.82) is 0 Å². The first-order valence-corrected chi connectivity index (χ1v) is 11.5. The summed E-state index contributed by atoms with van der Waals surface area (Å²) >= 11 is 0. The van der Waals surface area contributed by atoms with Crippen LogP contribution in [0.15, 0.2) is 42.9 Å². The number of pyridine rings is 1. The molecule has 2 N–H and O–H groups in total. The number of alkyl halides is 2. The number of H-pyrrole nitrogens is 2. The van der Waals surface area contributed by atoms with E-state index in [0.29, 0.717) is 28.9 Å². The Bertz CT molecular complexity index is 1520. The van der Waals surface area contributed by atoms with Gasteiger partial charge in [-0.25, -0.2) is 18.7 Å². The summed E-state index contributed by atoms with van der Waals surface area (Å²) < 4.78 is 29.4. The molecule has 34 heavy (non-hydrogen) atoms. The Morgan fingerprint density at radius 3 is 2.71 bits per heavy atom. The van der Waals surface area contributed by atoms with E-state index >= 15 is 0 Å². The SMILES string of the molecule is FC1(F)CCN(c2nccc3[nH]c(-c4n[nH]c5ccc(-c6cnn(C7CC7)c6)cc45)nc23)CC1. The molecule has 5 heterocycles. The van der Waals surface area contributed by atoms with Crippen LogP contribution in [0.2, 0.25) is 0 Å². The number of imidazole rings is 1. The van der Waals surface area contributed by atoms with Gasteiger partial charge in [-0.15, -0.1) is 0 Å². The zero-order valence-electron chi connectivity index (χ0n) is 18.3. The molecule has 0 atom stereocenters. The summed E-state index contributed by atoms with van der Waals surface area (Å²) in [6.45, 7) is 0.509. The first-order chi connectivity index (χ1) is 16.5. The standard InChI is InChI=1S/C24H22F2N8/c25-24(26)6-9-33(10-7-24)23-21-19(5-8-27-23)29-22(30-21)20-17-11-14(1-4-18(17)31-32-20)15-12-28-34(13-15)16-2-3-16/h1,4-5,8,11-13,16H,2-3,6-7,9-10H2,(H,29,30)(H,31,32). The highest BCUT2D eigenvalue weighted by Gasteiger charge is 2.35. The van der Waals surface area contributed by atoms with E-state index in [9.17, 15) is 8.78 Å². The summed E-state index contributed by atoms with van der Waals surface area (Å²) in [6.07, 6.45) is 7.72. The summed E-state index contributed by atoms with van der Waals surface area (Å²) in [4.78, 5) is 14.5. The van der Waals surface area contributed by atoms with Crippen LogP contribution in [0.3, 0.4) is 0 Å². The highest BCUT2D eigenvalue weighted by molar-refractivity contribution is 5.97. The minimum Gasteiger partial charge on any atom is -0.354 e. The minimum atomic E-state index is -2.61. The van der Waals surface area contributed by atoms with E-state index in [0.717, 1.165) is 27.5 Å². The van der Waals surface area contributed by atoms with Crippen molar-refractivity contribution in [2.24, 2.45) is 0 Å². The molecule has 1 aromatic carbocycles. The van der Waals surface area contributed by atoms with Crippen LogP contribution in [-0.2, 0) is 0 Å². The second kappa shape index (κ2) is 7.09. The van der Waals surface area contributed by atoms with E-state index < -0.39 is 5.92 Å². The summed E-state index contributed by atoms with van der Waals surface area (Å²) in [5.74, 6) is -1.37. The number of anilines is 1. The molecular formula is C24H22F2N8. The summed E-state index contributed by atoms with van der Waals surface area (Å²) in [6, 6.07) is 8.55. The zero-order chi connectivity index (χ0) is 22.9. The zero-order valence-corrected chi connectivity index (χ0v) is 18.3. The minimum absolute atomic E-state index is 0.174. The first-order valence-electron chi connectivity index (χ1n) is 11.5. The third kappa shape index (κ3) is 3.24. The maximum Gasteiger partial charge on any atom is 0.251 e. The van der Waals surface area contributed by atoms with Crippen molar-refractivity contribution in [3.05, 3.63) is 42.9 Å². The van der Waals surface area contributed by atoms with E-state index in [1.807, 2.05) is 27.9 Å². The number of aromatic amines is 2. The molecule has 1 saturated heterocycles. The van der Waals surface area contributed by atoms with E-state index in [1.54, 1.807) is 6.20 Å². The Morgan fingerprint density at radius 2 is 1.88 bits per heavy atom. The molecule has 7 rings (SSSR count). The summed E-state index contributed by atoms with van der Waals surface area (Å²) in [5, 5.41) is 13.1. The fourth-order valence-electron chi connectivity index (χ4n) is 4.71. The highest BCUT2D eigenvalue weighted by Crippen LogP contribution is 2.37. The van der Waals surface area contributed by atoms with Gasteiger partial charge in [-0.2, -0.15) is 10.2 Å². The monoisotopic (exact) mass is 460 g/mol. The molecule has 0 amide bonds. The molecule has 1 aliphatic carbocycles. The Morgan fingerprint density at radius 1 is 1.03 bits per heavy atom. The molecule has 1 aliphatic heterocycles. The third-order valence-corrected chi connectivity index (χ3v) is 6.82. The molecule has 2 aliphatic rings. The average Bonchev–Trinajstić information content (AvgIpc) is 3.22. The van der Waals surface area contributed by atoms with Crippen molar-refractivity contribution in [2.75, 3.05) is 18.0 Å². The number of hydrogen-bond acceptors (Lipinski definition) is 5. The number of halogens is 2. The van der Waals surface area contributed by atoms with Gasteiger partial charge >= 0.3 is 0 Å². The predicted molar refractivity (Wildman–Crippen MR) is 125 cm³/mol. The lowest BCUT2D eigenvalue weighted by Crippen LogP contribution is -2.39. The number of benzene rings is 1. The van der Waals surface area contributed by atoms with Gasteiger partial charge in [0.15, 0.2) is 11.6 Å². The maximum atomic E-state index is 13.7. The third-order valence-electron chi connectivity index (χ3n) is 6.82. The Labute approximate surface area is 193 Å². The Balaban J connectivity index is 1.27. The van der Waals surface area contributed by atoms with Crippen LogP contribution in [0.5, 0.6) is 0 Å². The van der Waals surface area contributed by atoms with Crippen LogP contribution in [0, 0.1) is 0 Å². The molecular weight excluding hydrogens is 438 g/mol. The van der Waals surface area contributed by atoms with Crippen molar-refractivity contribution < 1.29 is 8.78 Å². The Kier molecular flexibility index (Phi) is 4.09. The lowest BCUT2D eigenvalue weighted by Gasteiger charge is -2.32. The van der Waals surface area contributed by atoms with E-state index in [2.05, 4.69) is 43.6 Å². The van der Waals surface area contributed by atoms with Gasteiger partial charge in [0.05, 0.1) is 23.3 Å². The maximum absolute atomic E-state index is 13.7. The lowest BCUT2D eigenvalue weighted by atomic mass is 10.1. The number of nitrogens with zero attached hydrogens (tertiary/aromatic N) is 6. The van der Waals surface area contributed by atoms with Crippen LogP contribution in [0.25, 0.3) is 44.6 Å². The lowest BCUT2D eigenvalue weighted by molar-refractivity contribution is -0.0221. The smallest absolute Gasteiger partial charge is 0.251 e. The topological polar surface area (TPSA) is 91.3 Å². The van der Waals surface area contributed by atoms with Gasteiger partial charge in [0.25, 0.3) is 5.92 Å². The quantitative estimate of drug-likeness (QED) is 0.397. The normalized spacial score (nSPS) is 18.2. The number of nitrogens with one attached hydrogen (secondary N) is 2. The number of hydrogen-bond donors (Lipinski definition) is 2. The van der Waals surface area contributed by atoms with Crippen LogP contribution in [0.1, 0.15) is 31.7 Å². The summed E-state index contributed by atoms with van der Waals surface area (Å²) in [5.41, 5.74) is 5.22. The van der Waals surface area contributed by atoms with E-state index in [4.69, 9.17) is 4.98 Å². The fourth-order valence-corrected chi connectivity index (χ4v) is 4.71.